The summed E-state index contributed by atoms with van der Waals surface area (Å²) in [4.78, 5) is 37.7. The zero-order chi connectivity index (χ0) is 26.3. The van der Waals surface area contributed by atoms with Gasteiger partial charge >= 0.3 is 6.09 Å². The molecular formula is C27H26IN3O5. The third kappa shape index (κ3) is 7.08. The van der Waals surface area contributed by atoms with Gasteiger partial charge in [-0.2, -0.15) is 0 Å². The fourth-order valence-electron chi connectivity index (χ4n) is 3.41. The van der Waals surface area contributed by atoms with Crippen molar-refractivity contribution in [3.63, 3.8) is 0 Å². The van der Waals surface area contributed by atoms with Crippen molar-refractivity contribution in [2.24, 2.45) is 5.41 Å². The van der Waals surface area contributed by atoms with E-state index in [9.17, 15) is 19.5 Å². The second-order valence-electron chi connectivity index (χ2n) is 8.54. The van der Waals surface area contributed by atoms with E-state index < -0.39 is 29.4 Å². The molecular weight excluding hydrogens is 573 g/mol. The molecule has 36 heavy (non-hydrogen) atoms. The number of aromatic hydroxyl groups is 1. The second-order valence-corrected chi connectivity index (χ2v) is 9.79. The van der Waals surface area contributed by atoms with Gasteiger partial charge in [-0.05, 0) is 71.1 Å². The molecule has 0 spiro atoms. The predicted octanol–water partition coefficient (Wildman–Crippen LogP) is 5.41. The van der Waals surface area contributed by atoms with Gasteiger partial charge in [-0.1, -0.05) is 50.3 Å². The summed E-state index contributed by atoms with van der Waals surface area (Å²) in [5, 5.41) is 15.5. The molecule has 3 aromatic carbocycles. The predicted molar refractivity (Wildman–Crippen MR) is 146 cm³/mol. The number of para-hydroxylation sites is 2. The first-order valence-electron chi connectivity index (χ1n) is 11.0. The highest BCUT2D eigenvalue weighted by Crippen LogP contribution is 2.42. The number of hydrogen-bond acceptors (Lipinski definition) is 6. The number of carbonyl (C=O) groups excluding carboxylic acids is 3. The number of imide groups is 1. The largest absolute Gasteiger partial charge is 0.508 e. The number of amides is 3. The van der Waals surface area contributed by atoms with Gasteiger partial charge in [-0.25, -0.2) is 4.79 Å². The summed E-state index contributed by atoms with van der Waals surface area (Å²) in [6.07, 6.45) is 0.843. The Kier molecular flexibility index (Phi) is 8.70. The Morgan fingerprint density at radius 2 is 1.69 bits per heavy atom. The Hall–Kier alpha value is -3.86. The molecule has 0 bridgehead atoms. The maximum atomic E-state index is 12.7. The van der Waals surface area contributed by atoms with E-state index in [1.54, 1.807) is 86.7 Å². The number of anilines is 2. The highest BCUT2D eigenvalue weighted by molar-refractivity contribution is 14.1. The van der Waals surface area contributed by atoms with E-state index in [0.29, 0.717) is 22.5 Å². The molecule has 0 aliphatic heterocycles. The van der Waals surface area contributed by atoms with Gasteiger partial charge in [0, 0.05) is 20.1 Å². The lowest BCUT2D eigenvalue weighted by Gasteiger charge is -2.32. The Labute approximate surface area is 222 Å². The van der Waals surface area contributed by atoms with Gasteiger partial charge in [0.15, 0.2) is 0 Å². The molecule has 0 radical (unpaired) electrons. The Morgan fingerprint density at radius 3 is 2.39 bits per heavy atom. The van der Waals surface area contributed by atoms with Crippen LogP contribution in [-0.2, 0) is 9.53 Å². The molecule has 0 aromatic heterocycles. The molecule has 1 atom stereocenters. The Bertz CT molecular complexity index is 1290. The van der Waals surface area contributed by atoms with Crippen LogP contribution in [0.15, 0.2) is 84.9 Å². The maximum absolute atomic E-state index is 12.7. The average Bonchev–Trinajstić information content (AvgIpc) is 2.85. The van der Waals surface area contributed by atoms with E-state index in [4.69, 9.17) is 10.5 Å². The summed E-state index contributed by atoms with van der Waals surface area (Å²) in [6.45, 7) is 3.48. The molecule has 8 nitrogen and oxygen atoms in total. The van der Waals surface area contributed by atoms with Crippen LogP contribution < -0.4 is 16.4 Å². The third-order valence-electron chi connectivity index (χ3n) is 5.31. The van der Waals surface area contributed by atoms with E-state index in [1.165, 1.54) is 12.1 Å². The lowest BCUT2D eigenvalue weighted by Crippen LogP contribution is -2.35. The molecule has 0 saturated heterocycles. The van der Waals surface area contributed by atoms with Gasteiger partial charge in [0.05, 0.1) is 11.4 Å². The lowest BCUT2D eigenvalue weighted by atomic mass is 9.81. The van der Waals surface area contributed by atoms with E-state index >= 15 is 0 Å². The van der Waals surface area contributed by atoms with Gasteiger partial charge in [0.1, 0.15) is 11.9 Å². The SMILES string of the molecule is CC(C)(/C=C/C(=O)Nc1ccccc1N)[C@@H](OC(=O)NC(=O)c1ccccc1)c1cc(I)ccc1O. The number of nitrogen functional groups attached to an aromatic ring is 1. The number of alkyl carbamates (subject to hydrolysis) is 1. The third-order valence-corrected chi connectivity index (χ3v) is 5.98. The highest BCUT2D eigenvalue weighted by atomic mass is 127. The molecule has 186 valence electrons. The van der Waals surface area contributed by atoms with Gasteiger partial charge in [-0.3, -0.25) is 14.9 Å². The number of nitrogens with one attached hydrogen (secondary N) is 2. The molecule has 0 unspecified atom stereocenters. The number of rotatable bonds is 7. The minimum atomic E-state index is -1.04. The molecule has 0 heterocycles. The summed E-state index contributed by atoms with van der Waals surface area (Å²) in [5.74, 6) is -1.15. The van der Waals surface area contributed by atoms with Crippen LogP contribution in [0.2, 0.25) is 0 Å². The number of phenols is 1. The van der Waals surface area contributed by atoms with Gasteiger partial charge in [0.25, 0.3) is 5.91 Å². The quantitative estimate of drug-likeness (QED) is 0.163. The van der Waals surface area contributed by atoms with Crippen molar-refractivity contribution in [1.82, 2.24) is 5.32 Å². The molecule has 0 fully saturated rings. The van der Waals surface area contributed by atoms with Crippen LogP contribution in [0.3, 0.4) is 0 Å². The molecule has 0 saturated carbocycles. The fourth-order valence-corrected chi connectivity index (χ4v) is 3.92. The van der Waals surface area contributed by atoms with Crippen molar-refractivity contribution in [2.45, 2.75) is 20.0 Å². The molecule has 0 aliphatic rings. The first-order chi connectivity index (χ1) is 17.1. The van der Waals surface area contributed by atoms with Crippen LogP contribution in [0.5, 0.6) is 5.75 Å². The number of ether oxygens (including phenoxy) is 1. The summed E-state index contributed by atoms with van der Waals surface area (Å²) in [7, 11) is 0. The Balaban J connectivity index is 1.84. The minimum Gasteiger partial charge on any atom is -0.508 e. The van der Waals surface area contributed by atoms with Crippen molar-refractivity contribution in [3.05, 3.63) is 99.6 Å². The maximum Gasteiger partial charge on any atom is 0.414 e. The molecule has 3 amide bonds. The van der Waals surface area contributed by atoms with Crippen LogP contribution in [-0.4, -0.2) is 23.0 Å². The highest BCUT2D eigenvalue weighted by Gasteiger charge is 2.35. The van der Waals surface area contributed by atoms with Crippen LogP contribution in [0.25, 0.3) is 0 Å². The fraction of sp³-hybridized carbons (Fsp3) is 0.148. The molecule has 0 aliphatic carbocycles. The van der Waals surface area contributed by atoms with Crippen LogP contribution in [0.1, 0.15) is 35.9 Å². The zero-order valence-corrected chi connectivity index (χ0v) is 21.9. The summed E-state index contributed by atoms with van der Waals surface area (Å²) < 4.78 is 6.46. The van der Waals surface area contributed by atoms with Crippen molar-refractivity contribution in [1.29, 1.82) is 0 Å². The molecule has 5 N–H and O–H groups in total. The number of nitrogens with two attached hydrogens (primary N) is 1. The van der Waals surface area contributed by atoms with Crippen molar-refractivity contribution in [2.75, 3.05) is 11.1 Å². The standard InChI is InChI=1S/C27H26IN3O5/c1-27(2,15-14-23(33)30-21-11-7-6-10-20(21)29)24(19-16-18(28)12-13-22(19)32)36-26(35)31-25(34)17-8-4-3-5-9-17/h3-16,24,32H,29H2,1-2H3,(H,30,33)(H,31,34,35)/b15-14+/t24-/m0/s1. The van der Waals surface area contributed by atoms with E-state index in [2.05, 4.69) is 33.2 Å². The van der Waals surface area contributed by atoms with E-state index in [-0.39, 0.29) is 5.75 Å². The first kappa shape index (κ1) is 26.7. The van der Waals surface area contributed by atoms with Crippen LogP contribution >= 0.6 is 22.6 Å². The zero-order valence-electron chi connectivity index (χ0n) is 19.7. The summed E-state index contributed by atoms with van der Waals surface area (Å²) >= 11 is 2.08. The van der Waals surface area contributed by atoms with E-state index in [0.717, 1.165) is 3.57 Å². The number of phenolic OH excluding ortho intramolecular Hbond substituents is 1. The normalized spacial score (nSPS) is 12.1. The molecule has 3 rings (SSSR count). The van der Waals surface area contributed by atoms with Gasteiger partial charge in [0.2, 0.25) is 5.91 Å². The smallest absolute Gasteiger partial charge is 0.414 e. The van der Waals surface area contributed by atoms with Crippen molar-refractivity contribution < 1.29 is 24.2 Å². The van der Waals surface area contributed by atoms with Crippen molar-refractivity contribution >= 4 is 51.9 Å². The van der Waals surface area contributed by atoms with Gasteiger partial charge in [-0.15, -0.1) is 0 Å². The lowest BCUT2D eigenvalue weighted by molar-refractivity contribution is -0.112. The van der Waals surface area contributed by atoms with Crippen LogP contribution in [0.4, 0.5) is 16.2 Å². The number of hydrogen-bond donors (Lipinski definition) is 4. The van der Waals surface area contributed by atoms with E-state index in [1.807, 2.05) is 0 Å². The first-order valence-corrected chi connectivity index (χ1v) is 12.0. The average molecular weight is 599 g/mol. The monoisotopic (exact) mass is 599 g/mol. The molecule has 9 heteroatoms. The number of benzene rings is 3. The second kappa shape index (κ2) is 11.7. The minimum absolute atomic E-state index is 0.0920. The summed E-state index contributed by atoms with van der Waals surface area (Å²) in [5.41, 5.74) is 6.41. The molecule has 3 aromatic rings. The topological polar surface area (TPSA) is 131 Å². The summed E-state index contributed by atoms with van der Waals surface area (Å²) in [6, 6.07) is 20.0. The van der Waals surface area contributed by atoms with Gasteiger partial charge < -0.3 is 20.9 Å². The Morgan fingerprint density at radius 1 is 1.03 bits per heavy atom. The van der Waals surface area contributed by atoms with Crippen molar-refractivity contribution in [3.8, 4) is 5.75 Å². The van der Waals surface area contributed by atoms with Crippen LogP contribution in [0, 0.1) is 8.99 Å². The number of halogens is 1. The number of carbonyl (C=O) groups is 3.